The van der Waals surface area contributed by atoms with E-state index in [9.17, 15) is 0 Å². The van der Waals surface area contributed by atoms with Crippen molar-refractivity contribution in [3.05, 3.63) is 35.2 Å². The van der Waals surface area contributed by atoms with Crippen molar-refractivity contribution in [3.8, 4) is 0 Å². The van der Waals surface area contributed by atoms with Gasteiger partial charge in [-0.05, 0) is 48.9 Å². The molecule has 1 saturated carbocycles. The van der Waals surface area contributed by atoms with E-state index in [2.05, 4.69) is 56.4 Å². The lowest BCUT2D eigenvalue weighted by Crippen LogP contribution is -2.24. The Morgan fingerprint density at radius 2 is 2.16 bits per heavy atom. The van der Waals surface area contributed by atoms with Gasteiger partial charge in [0.25, 0.3) is 0 Å². The van der Waals surface area contributed by atoms with Crippen molar-refractivity contribution in [1.29, 1.82) is 0 Å². The monoisotopic (exact) mass is 273 g/mol. The van der Waals surface area contributed by atoms with Gasteiger partial charge in [-0.25, -0.2) is 0 Å². The average molecular weight is 273 g/mol. The van der Waals surface area contributed by atoms with Crippen LogP contribution < -0.4 is 5.32 Å². The zero-order valence-corrected chi connectivity index (χ0v) is 12.9. The quantitative estimate of drug-likeness (QED) is 0.850. The van der Waals surface area contributed by atoms with Gasteiger partial charge in [0.2, 0.25) is 0 Å². The van der Waals surface area contributed by atoms with Gasteiger partial charge in [0, 0.05) is 15.0 Å². The summed E-state index contributed by atoms with van der Waals surface area (Å²) >= 11 is 1.98. The highest BCUT2D eigenvalue weighted by atomic mass is 32.1. The fourth-order valence-electron chi connectivity index (χ4n) is 2.86. The average Bonchev–Trinajstić information content (AvgIpc) is 2.87. The molecule has 1 heterocycles. The molecule has 0 spiro atoms. The number of hydrogen-bond donors (Lipinski definition) is 1. The third-order valence-corrected chi connectivity index (χ3v) is 5.74. The smallest absolute Gasteiger partial charge is 0.0345 e. The van der Waals surface area contributed by atoms with E-state index in [0.29, 0.717) is 5.41 Å². The molecule has 0 amide bonds. The molecule has 1 aromatic heterocycles. The summed E-state index contributed by atoms with van der Waals surface area (Å²) in [5.74, 6) is 1.56. The third kappa shape index (κ3) is 2.56. The highest BCUT2D eigenvalue weighted by molar-refractivity contribution is 7.19. The first-order valence-corrected chi connectivity index (χ1v) is 8.11. The van der Waals surface area contributed by atoms with E-state index in [4.69, 9.17) is 0 Å². The summed E-state index contributed by atoms with van der Waals surface area (Å²) in [5, 5.41) is 5.02. The molecule has 1 aliphatic rings. The number of hydrogen-bond acceptors (Lipinski definition) is 2. The van der Waals surface area contributed by atoms with E-state index < -0.39 is 0 Å². The maximum absolute atomic E-state index is 3.61. The van der Waals surface area contributed by atoms with Gasteiger partial charge in [0.15, 0.2) is 0 Å². The maximum Gasteiger partial charge on any atom is 0.0345 e. The van der Waals surface area contributed by atoms with Crippen LogP contribution in [0.25, 0.3) is 10.1 Å². The van der Waals surface area contributed by atoms with Crippen molar-refractivity contribution in [2.24, 2.45) is 11.8 Å². The Morgan fingerprint density at radius 3 is 2.89 bits per heavy atom. The Hall–Kier alpha value is -0.860. The molecule has 3 rings (SSSR count). The molecule has 102 valence electrons. The summed E-state index contributed by atoms with van der Waals surface area (Å²) in [5.41, 5.74) is 0.424. The van der Waals surface area contributed by atoms with Crippen LogP contribution >= 0.6 is 11.3 Å². The second-order valence-electron chi connectivity index (χ2n) is 6.52. The molecule has 0 radical (unpaired) electrons. The van der Waals surface area contributed by atoms with Gasteiger partial charge in [-0.3, -0.25) is 0 Å². The largest absolute Gasteiger partial charge is 0.316 e. The number of nitrogens with one attached hydrogen (secondary N) is 1. The standard InChI is InChI=1S/C17H23NS/c1-12(2)10-18-11-14-9-17(14,3)16-8-13-6-4-5-7-15(13)19-16/h4-8,12,14,18H,9-11H2,1-3H3. The summed E-state index contributed by atoms with van der Waals surface area (Å²) in [7, 11) is 0. The molecule has 0 bridgehead atoms. The van der Waals surface area contributed by atoms with E-state index in [1.54, 1.807) is 4.88 Å². The molecule has 2 atom stereocenters. The zero-order chi connectivity index (χ0) is 13.5. The molecule has 0 saturated heterocycles. The minimum Gasteiger partial charge on any atom is -0.316 e. The first kappa shape index (κ1) is 13.1. The van der Waals surface area contributed by atoms with Crippen molar-refractivity contribution >= 4 is 21.4 Å². The lowest BCUT2D eigenvalue weighted by atomic mass is 10.0. The summed E-state index contributed by atoms with van der Waals surface area (Å²) in [6, 6.07) is 11.1. The van der Waals surface area contributed by atoms with Gasteiger partial charge in [0.05, 0.1) is 0 Å². The van der Waals surface area contributed by atoms with E-state index in [1.807, 2.05) is 11.3 Å². The third-order valence-electron chi connectivity index (χ3n) is 4.34. The van der Waals surface area contributed by atoms with Gasteiger partial charge >= 0.3 is 0 Å². The van der Waals surface area contributed by atoms with Crippen LogP contribution in [0.1, 0.15) is 32.1 Å². The van der Waals surface area contributed by atoms with E-state index in [-0.39, 0.29) is 0 Å². The second-order valence-corrected chi connectivity index (χ2v) is 7.60. The van der Waals surface area contributed by atoms with Crippen LogP contribution in [0.15, 0.2) is 30.3 Å². The van der Waals surface area contributed by atoms with Crippen molar-refractivity contribution in [1.82, 2.24) is 5.32 Å². The summed E-state index contributed by atoms with van der Waals surface area (Å²) in [6.45, 7) is 9.28. The highest BCUT2D eigenvalue weighted by Gasteiger charge is 2.51. The minimum atomic E-state index is 0.424. The number of thiophene rings is 1. The Kier molecular flexibility index (Phi) is 3.40. The molecular formula is C17H23NS. The molecule has 1 fully saturated rings. The van der Waals surface area contributed by atoms with Crippen LogP contribution in [-0.4, -0.2) is 13.1 Å². The number of benzene rings is 1. The molecule has 2 heteroatoms. The molecule has 1 N–H and O–H groups in total. The molecular weight excluding hydrogens is 250 g/mol. The van der Waals surface area contributed by atoms with Crippen LogP contribution in [0, 0.1) is 11.8 Å². The van der Waals surface area contributed by atoms with Crippen molar-refractivity contribution in [2.45, 2.75) is 32.6 Å². The van der Waals surface area contributed by atoms with E-state index in [1.165, 1.54) is 23.1 Å². The molecule has 1 aliphatic carbocycles. The minimum absolute atomic E-state index is 0.424. The number of fused-ring (bicyclic) bond motifs is 1. The first-order chi connectivity index (χ1) is 9.09. The summed E-state index contributed by atoms with van der Waals surface area (Å²) in [4.78, 5) is 1.57. The van der Waals surface area contributed by atoms with E-state index >= 15 is 0 Å². The first-order valence-electron chi connectivity index (χ1n) is 7.29. The maximum atomic E-state index is 3.61. The fraction of sp³-hybridized carbons (Fsp3) is 0.529. The predicted octanol–water partition coefficient (Wildman–Crippen LogP) is 4.42. The van der Waals surface area contributed by atoms with Gasteiger partial charge in [-0.1, -0.05) is 39.0 Å². The fourth-order valence-corrected chi connectivity index (χ4v) is 4.16. The van der Waals surface area contributed by atoms with Crippen LogP contribution in [0.2, 0.25) is 0 Å². The van der Waals surface area contributed by atoms with Crippen molar-refractivity contribution in [2.75, 3.05) is 13.1 Å². The molecule has 1 aromatic carbocycles. The topological polar surface area (TPSA) is 12.0 Å². The lowest BCUT2D eigenvalue weighted by molar-refractivity contribution is 0.517. The Morgan fingerprint density at radius 1 is 1.37 bits per heavy atom. The van der Waals surface area contributed by atoms with E-state index in [0.717, 1.165) is 18.4 Å². The van der Waals surface area contributed by atoms with Gasteiger partial charge in [-0.2, -0.15) is 0 Å². The van der Waals surface area contributed by atoms with Crippen LogP contribution in [0.4, 0.5) is 0 Å². The molecule has 2 aromatic rings. The summed E-state index contributed by atoms with van der Waals surface area (Å²) < 4.78 is 1.43. The van der Waals surface area contributed by atoms with Gasteiger partial charge in [0.1, 0.15) is 0 Å². The van der Waals surface area contributed by atoms with Crippen LogP contribution in [0.5, 0.6) is 0 Å². The predicted molar refractivity (Wildman–Crippen MR) is 85.0 cm³/mol. The molecule has 0 aliphatic heterocycles. The molecule has 19 heavy (non-hydrogen) atoms. The normalized spacial score (nSPS) is 26.2. The van der Waals surface area contributed by atoms with Crippen LogP contribution in [-0.2, 0) is 5.41 Å². The highest BCUT2D eigenvalue weighted by Crippen LogP contribution is 2.56. The lowest BCUT2D eigenvalue weighted by Gasteiger charge is -2.11. The Balaban J connectivity index is 1.69. The zero-order valence-electron chi connectivity index (χ0n) is 12.1. The summed E-state index contributed by atoms with van der Waals surface area (Å²) in [6.07, 6.45) is 1.34. The molecule has 2 unspecified atom stereocenters. The molecule has 1 nitrogen and oxygen atoms in total. The van der Waals surface area contributed by atoms with Crippen LogP contribution in [0.3, 0.4) is 0 Å². The Labute approximate surface area is 120 Å². The number of rotatable bonds is 5. The SMILES string of the molecule is CC(C)CNCC1CC1(C)c1cc2ccccc2s1. The van der Waals surface area contributed by atoms with Crippen molar-refractivity contribution < 1.29 is 0 Å². The Bertz CT molecular complexity index is 538. The van der Waals surface area contributed by atoms with Crippen molar-refractivity contribution in [3.63, 3.8) is 0 Å². The second kappa shape index (κ2) is 4.92. The van der Waals surface area contributed by atoms with Gasteiger partial charge in [-0.15, -0.1) is 11.3 Å². The van der Waals surface area contributed by atoms with Gasteiger partial charge < -0.3 is 5.32 Å².